The van der Waals surface area contributed by atoms with E-state index in [4.69, 9.17) is 9.63 Å². The number of anilines is 1. The van der Waals surface area contributed by atoms with Crippen LogP contribution in [-0.2, 0) is 14.4 Å². The van der Waals surface area contributed by atoms with E-state index >= 15 is 0 Å². The Hall–Kier alpha value is -2.38. The summed E-state index contributed by atoms with van der Waals surface area (Å²) in [4.78, 5) is 35.5. The van der Waals surface area contributed by atoms with Crippen LogP contribution in [0.2, 0.25) is 0 Å². The molecule has 0 aromatic carbocycles. The molecule has 108 valence electrons. The van der Waals surface area contributed by atoms with E-state index < -0.39 is 23.7 Å². The van der Waals surface area contributed by atoms with Crippen molar-refractivity contribution >= 4 is 23.6 Å². The van der Waals surface area contributed by atoms with Gasteiger partial charge in [0.05, 0.1) is 18.4 Å². The minimum Gasteiger partial charge on any atom is -0.481 e. The van der Waals surface area contributed by atoms with E-state index in [1.807, 2.05) is 0 Å². The number of carboxylic acid groups (broad SMARTS) is 1. The van der Waals surface area contributed by atoms with E-state index in [2.05, 4.69) is 10.5 Å². The van der Waals surface area contributed by atoms with Gasteiger partial charge in [0.2, 0.25) is 11.8 Å². The first-order chi connectivity index (χ1) is 9.38. The van der Waals surface area contributed by atoms with Gasteiger partial charge in [0.25, 0.3) is 0 Å². The molecule has 0 aliphatic heterocycles. The maximum absolute atomic E-state index is 11.9. The van der Waals surface area contributed by atoms with Gasteiger partial charge in [-0.15, -0.1) is 0 Å². The summed E-state index contributed by atoms with van der Waals surface area (Å²) in [5.74, 6) is -2.01. The van der Waals surface area contributed by atoms with Gasteiger partial charge in [0.15, 0.2) is 5.82 Å². The van der Waals surface area contributed by atoms with Gasteiger partial charge in [-0.05, 0) is 13.3 Å². The molecule has 1 aliphatic rings. The van der Waals surface area contributed by atoms with E-state index in [1.54, 1.807) is 13.0 Å². The zero-order valence-corrected chi connectivity index (χ0v) is 11.1. The van der Waals surface area contributed by atoms with Crippen LogP contribution in [0.5, 0.6) is 0 Å². The lowest BCUT2D eigenvalue weighted by Crippen LogP contribution is -2.36. The molecule has 2 atom stereocenters. The van der Waals surface area contributed by atoms with E-state index in [-0.39, 0.29) is 18.3 Å². The SMILES string of the molecule is Cc1cc(NC(=O)CN(C)C(=O)[C@@H]2C[C@@H]2C(=O)O)no1. The molecule has 1 aliphatic carbocycles. The molecule has 0 bridgehead atoms. The Balaban J connectivity index is 1.82. The second-order valence-corrected chi connectivity index (χ2v) is 4.85. The first-order valence-electron chi connectivity index (χ1n) is 6.09. The topological polar surface area (TPSA) is 113 Å². The summed E-state index contributed by atoms with van der Waals surface area (Å²) in [5.41, 5.74) is 0. The van der Waals surface area contributed by atoms with Crippen LogP contribution in [0.3, 0.4) is 0 Å². The van der Waals surface area contributed by atoms with Crippen molar-refractivity contribution in [1.82, 2.24) is 10.1 Å². The van der Waals surface area contributed by atoms with E-state index in [0.717, 1.165) is 0 Å². The third-order valence-corrected chi connectivity index (χ3v) is 3.08. The fourth-order valence-corrected chi connectivity index (χ4v) is 1.92. The van der Waals surface area contributed by atoms with Crippen LogP contribution < -0.4 is 5.32 Å². The maximum atomic E-state index is 11.9. The third-order valence-electron chi connectivity index (χ3n) is 3.08. The van der Waals surface area contributed by atoms with E-state index in [9.17, 15) is 14.4 Å². The Morgan fingerprint density at radius 2 is 2.20 bits per heavy atom. The number of nitrogens with one attached hydrogen (secondary N) is 1. The van der Waals surface area contributed by atoms with Gasteiger partial charge in [-0.25, -0.2) is 0 Å². The van der Waals surface area contributed by atoms with Crippen molar-refractivity contribution in [2.24, 2.45) is 11.8 Å². The number of hydrogen-bond acceptors (Lipinski definition) is 5. The molecule has 1 aromatic rings. The van der Waals surface area contributed by atoms with Crippen molar-refractivity contribution < 1.29 is 24.0 Å². The molecule has 20 heavy (non-hydrogen) atoms. The zero-order chi connectivity index (χ0) is 14.9. The smallest absolute Gasteiger partial charge is 0.307 e. The summed E-state index contributed by atoms with van der Waals surface area (Å²) in [6.07, 6.45) is 0.336. The lowest BCUT2D eigenvalue weighted by atomic mass is 10.3. The van der Waals surface area contributed by atoms with Crippen molar-refractivity contribution in [2.75, 3.05) is 18.9 Å². The normalized spacial score (nSPS) is 20.3. The molecule has 2 rings (SSSR count). The summed E-state index contributed by atoms with van der Waals surface area (Å²) in [5, 5.41) is 14.9. The number of rotatable bonds is 5. The summed E-state index contributed by atoms with van der Waals surface area (Å²) >= 11 is 0. The lowest BCUT2D eigenvalue weighted by Gasteiger charge is -2.15. The highest BCUT2D eigenvalue weighted by atomic mass is 16.5. The second kappa shape index (κ2) is 5.32. The van der Waals surface area contributed by atoms with Crippen molar-refractivity contribution in [1.29, 1.82) is 0 Å². The molecule has 1 saturated carbocycles. The molecule has 0 saturated heterocycles. The number of carbonyl (C=O) groups is 3. The molecule has 2 amide bonds. The number of amides is 2. The van der Waals surface area contributed by atoms with Gasteiger partial charge < -0.3 is 19.8 Å². The van der Waals surface area contributed by atoms with Gasteiger partial charge in [-0.1, -0.05) is 5.16 Å². The summed E-state index contributed by atoms with van der Waals surface area (Å²) in [6, 6.07) is 1.56. The fourth-order valence-electron chi connectivity index (χ4n) is 1.92. The van der Waals surface area contributed by atoms with E-state index in [1.165, 1.54) is 11.9 Å². The van der Waals surface area contributed by atoms with Crippen molar-refractivity contribution in [3.8, 4) is 0 Å². The number of carbonyl (C=O) groups excluding carboxylic acids is 2. The molecule has 2 N–H and O–H groups in total. The summed E-state index contributed by atoms with van der Waals surface area (Å²) in [6.45, 7) is 1.53. The largest absolute Gasteiger partial charge is 0.481 e. The van der Waals surface area contributed by atoms with Gasteiger partial charge >= 0.3 is 5.97 Å². The highest BCUT2D eigenvalue weighted by Gasteiger charge is 2.49. The van der Waals surface area contributed by atoms with Crippen LogP contribution >= 0.6 is 0 Å². The molecule has 8 heteroatoms. The lowest BCUT2D eigenvalue weighted by molar-refractivity contribution is -0.141. The Morgan fingerprint density at radius 3 is 2.70 bits per heavy atom. The number of aliphatic carboxylic acids is 1. The number of nitrogens with zero attached hydrogens (tertiary/aromatic N) is 2. The number of hydrogen-bond donors (Lipinski definition) is 2. The van der Waals surface area contributed by atoms with Gasteiger partial charge in [-0.2, -0.15) is 0 Å². The molecule has 1 heterocycles. The van der Waals surface area contributed by atoms with Crippen LogP contribution in [0, 0.1) is 18.8 Å². The zero-order valence-electron chi connectivity index (χ0n) is 11.1. The predicted molar refractivity (Wildman–Crippen MR) is 66.7 cm³/mol. The number of aromatic nitrogens is 1. The van der Waals surface area contributed by atoms with Gasteiger partial charge in [0.1, 0.15) is 5.76 Å². The van der Waals surface area contributed by atoms with Crippen molar-refractivity contribution in [3.63, 3.8) is 0 Å². The molecule has 1 fully saturated rings. The van der Waals surface area contributed by atoms with Crippen molar-refractivity contribution in [2.45, 2.75) is 13.3 Å². The minimum atomic E-state index is -0.973. The third kappa shape index (κ3) is 3.14. The highest BCUT2D eigenvalue weighted by Crippen LogP contribution is 2.39. The number of aryl methyl sites for hydroxylation is 1. The average Bonchev–Trinajstić information content (AvgIpc) is 3.07. The molecule has 8 nitrogen and oxygen atoms in total. The van der Waals surface area contributed by atoms with Crippen molar-refractivity contribution in [3.05, 3.63) is 11.8 Å². The van der Waals surface area contributed by atoms with Gasteiger partial charge in [-0.3, -0.25) is 14.4 Å². The number of likely N-dealkylation sites (N-methyl/N-ethyl adjacent to an activating group) is 1. The molecular weight excluding hydrogens is 266 g/mol. The average molecular weight is 281 g/mol. The Morgan fingerprint density at radius 1 is 1.50 bits per heavy atom. The van der Waals surface area contributed by atoms with Crippen LogP contribution in [0.15, 0.2) is 10.6 Å². The molecular formula is C12H15N3O5. The minimum absolute atomic E-state index is 0.159. The Labute approximate surface area is 114 Å². The molecule has 0 spiro atoms. The fraction of sp³-hybridized carbons (Fsp3) is 0.500. The summed E-state index contributed by atoms with van der Waals surface area (Å²) < 4.78 is 4.80. The second-order valence-electron chi connectivity index (χ2n) is 4.85. The molecule has 1 aromatic heterocycles. The molecule has 0 unspecified atom stereocenters. The highest BCUT2D eigenvalue weighted by molar-refractivity contribution is 5.95. The first kappa shape index (κ1) is 14.0. The standard InChI is InChI=1S/C12H15N3O5/c1-6-3-9(14-20-6)13-10(16)5-15(2)11(17)7-4-8(7)12(18)19/h3,7-8H,4-5H2,1-2H3,(H,18,19)(H,13,14,16)/t7-,8+/m1/s1. The Bertz CT molecular complexity index is 553. The van der Waals surface area contributed by atoms with Gasteiger partial charge in [0, 0.05) is 13.1 Å². The number of carboxylic acids is 1. The quantitative estimate of drug-likeness (QED) is 0.791. The molecule has 0 radical (unpaired) electrons. The predicted octanol–water partition coefficient (Wildman–Crippen LogP) is 0.101. The Kier molecular flexibility index (Phi) is 3.73. The van der Waals surface area contributed by atoms with E-state index in [0.29, 0.717) is 12.2 Å². The maximum Gasteiger partial charge on any atom is 0.307 e. The van der Waals surface area contributed by atoms with Crippen LogP contribution in [0.4, 0.5) is 5.82 Å². The monoisotopic (exact) mass is 281 g/mol. The van der Waals surface area contributed by atoms with Crippen LogP contribution in [-0.4, -0.2) is 46.5 Å². The van der Waals surface area contributed by atoms with Crippen LogP contribution in [0.25, 0.3) is 0 Å². The first-order valence-corrected chi connectivity index (χ1v) is 6.09. The van der Waals surface area contributed by atoms with Crippen LogP contribution in [0.1, 0.15) is 12.2 Å². The summed E-state index contributed by atoms with van der Waals surface area (Å²) in [7, 11) is 1.47.